The summed E-state index contributed by atoms with van der Waals surface area (Å²) in [4.78, 5) is 0. The molecule has 2 heteroatoms. The van der Waals surface area contributed by atoms with Crippen molar-refractivity contribution < 1.29 is 0 Å². The lowest BCUT2D eigenvalue weighted by molar-refractivity contribution is 0.919. The zero-order valence-electron chi connectivity index (χ0n) is 18.3. The van der Waals surface area contributed by atoms with E-state index in [1.807, 2.05) is 6.08 Å². The summed E-state index contributed by atoms with van der Waals surface area (Å²) in [6.07, 6.45) is 6.15. The van der Waals surface area contributed by atoms with E-state index < -0.39 is 0 Å². The molecule has 31 heavy (non-hydrogen) atoms. The van der Waals surface area contributed by atoms with Gasteiger partial charge < -0.3 is 9.13 Å². The summed E-state index contributed by atoms with van der Waals surface area (Å²) in [5.74, 6) is 0. The topological polar surface area (TPSA) is 9.86 Å². The molecule has 0 saturated heterocycles. The van der Waals surface area contributed by atoms with E-state index in [2.05, 4.69) is 116 Å². The van der Waals surface area contributed by atoms with Gasteiger partial charge in [0.1, 0.15) is 0 Å². The highest BCUT2D eigenvalue weighted by atomic mass is 15.0. The SMILES string of the molecule is C=CC(=C)c1ccc2c(c1)c1c3c(ccc1n2-c1ccccc1)c(/C=C\C)c(C)n3C. The van der Waals surface area contributed by atoms with Crippen LogP contribution in [0.25, 0.3) is 50.0 Å². The number of allylic oxidation sites excluding steroid dienone is 3. The minimum Gasteiger partial charge on any atom is -0.347 e. The van der Waals surface area contributed by atoms with E-state index in [0.717, 1.165) is 16.8 Å². The summed E-state index contributed by atoms with van der Waals surface area (Å²) in [5, 5.41) is 3.79. The molecule has 0 saturated carbocycles. The van der Waals surface area contributed by atoms with Crippen molar-refractivity contribution in [1.82, 2.24) is 9.13 Å². The Bertz CT molecular complexity index is 1520. The van der Waals surface area contributed by atoms with Crippen LogP contribution in [0.4, 0.5) is 0 Å². The van der Waals surface area contributed by atoms with Crippen molar-refractivity contribution in [3.8, 4) is 5.69 Å². The van der Waals surface area contributed by atoms with Crippen LogP contribution in [0, 0.1) is 6.92 Å². The second-order valence-corrected chi connectivity index (χ2v) is 8.05. The van der Waals surface area contributed by atoms with Gasteiger partial charge in [0.15, 0.2) is 0 Å². The summed E-state index contributed by atoms with van der Waals surface area (Å²) in [5.41, 5.74) is 9.44. The lowest BCUT2D eigenvalue weighted by Gasteiger charge is -2.08. The molecule has 0 bridgehead atoms. The van der Waals surface area contributed by atoms with Crippen molar-refractivity contribution in [3.63, 3.8) is 0 Å². The Morgan fingerprint density at radius 2 is 1.68 bits per heavy atom. The maximum Gasteiger partial charge on any atom is 0.0587 e. The third kappa shape index (κ3) is 2.72. The Morgan fingerprint density at radius 3 is 2.39 bits per heavy atom. The van der Waals surface area contributed by atoms with E-state index in [1.165, 1.54) is 44.0 Å². The van der Waals surface area contributed by atoms with Crippen molar-refractivity contribution in [1.29, 1.82) is 0 Å². The van der Waals surface area contributed by atoms with E-state index in [1.54, 1.807) is 0 Å². The molecule has 0 aliphatic heterocycles. The van der Waals surface area contributed by atoms with Crippen LogP contribution >= 0.6 is 0 Å². The van der Waals surface area contributed by atoms with Gasteiger partial charge in [-0.15, -0.1) is 0 Å². The first-order chi connectivity index (χ1) is 15.1. The van der Waals surface area contributed by atoms with Crippen LogP contribution in [-0.4, -0.2) is 9.13 Å². The summed E-state index contributed by atoms with van der Waals surface area (Å²) >= 11 is 0. The smallest absolute Gasteiger partial charge is 0.0587 e. The van der Waals surface area contributed by atoms with Gasteiger partial charge in [-0.25, -0.2) is 0 Å². The normalized spacial score (nSPS) is 11.8. The van der Waals surface area contributed by atoms with Crippen LogP contribution in [0.1, 0.15) is 23.7 Å². The molecule has 5 aromatic rings. The summed E-state index contributed by atoms with van der Waals surface area (Å²) < 4.78 is 4.69. The molecule has 5 rings (SSSR count). The summed E-state index contributed by atoms with van der Waals surface area (Å²) in [6, 6.07) is 21.7. The van der Waals surface area contributed by atoms with Gasteiger partial charge in [-0.1, -0.05) is 61.7 Å². The van der Waals surface area contributed by atoms with Crippen molar-refractivity contribution in [2.75, 3.05) is 0 Å². The summed E-state index contributed by atoms with van der Waals surface area (Å²) in [7, 11) is 2.17. The monoisotopic (exact) mass is 402 g/mol. The fraction of sp³-hybridized carbons (Fsp3) is 0.103. The molecule has 0 atom stereocenters. The predicted molar refractivity (Wildman–Crippen MR) is 136 cm³/mol. The number of benzene rings is 3. The number of rotatable bonds is 4. The quantitative estimate of drug-likeness (QED) is 0.271. The Balaban J connectivity index is 2.03. The first-order valence-corrected chi connectivity index (χ1v) is 10.6. The van der Waals surface area contributed by atoms with E-state index >= 15 is 0 Å². The van der Waals surface area contributed by atoms with Crippen molar-refractivity contribution in [2.45, 2.75) is 13.8 Å². The molecule has 0 radical (unpaired) electrons. The molecule has 2 aromatic heterocycles. The van der Waals surface area contributed by atoms with Gasteiger partial charge >= 0.3 is 0 Å². The predicted octanol–water partition coefficient (Wildman–Crippen LogP) is 7.82. The van der Waals surface area contributed by atoms with Gasteiger partial charge in [-0.2, -0.15) is 0 Å². The van der Waals surface area contributed by atoms with Crippen LogP contribution in [0.2, 0.25) is 0 Å². The maximum absolute atomic E-state index is 4.18. The number of para-hydroxylation sites is 1. The molecule has 152 valence electrons. The Morgan fingerprint density at radius 1 is 0.935 bits per heavy atom. The van der Waals surface area contributed by atoms with E-state index in [0.29, 0.717) is 0 Å². The lowest BCUT2D eigenvalue weighted by atomic mass is 10.0. The first kappa shape index (κ1) is 19.2. The van der Waals surface area contributed by atoms with Gasteiger partial charge in [-0.3, -0.25) is 0 Å². The van der Waals surface area contributed by atoms with Crippen LogP contribution in [-0.2, 0) is 7.05 Å². The number of hydrogen-bond donors (Lipinski definition) is 0. The average Bonchev–Trinajstić information content (AvgIpc) is 3.26. The van der Waals surface area contributed by atoms with Gasteiger partial charge in [-0.05, 0) is 55.3 Å². The van der Waals surface area contributed by atoms with Gasteiger partial charge in [0.2, 0.25) is 0 Å². The first-order valence-electron chi connectivity index (χ1n) is 10.6. The van der Waals surface area contributed by atoms with Crippen molar-refractivity contribution in [3.05, 3.63) is 103 Å². The minimum absolute atomic E-state index is 0.937. The number of hydrogen-bond acceptors (Lipinski definition) is 0. The second kappa shape index (κ2) is 7.17. The third-order valence-electron chi connectivity index (χ3n) is 6.39. The molecule has 0 unspecified atom stereocenters. The fourth-order valence-electron chi connectivity index (χ4n) is 4.75. The van der Waals surface area contributed by atoms with E-state index in [9.17, 15) is 0 Å². The second-order valence-electron chi connectivity index (χ2n) is 8.05. The maximum atomic E-state index is 4.18. The molecule has 0 aliphatic carbocycles. The number of nitrogens with zero attached hydrogens (tertiary/aromatic N) is 2. The molecule has 0 fully saturated rings. The molecule has 0 N–H and O–H groups in total. The number of fused-ring (bicyclic) bond motifs is 5. The molecule has 0 spiro atoms. The lowest BCUT2D eigenvalue weighted by Crippen LogP contribution is -1.93. The zero-order valence-corrected chi connectivity index (χ0v) is 18.3. The highest BCUT2D eigenvalue weighted by Gasteiger charge is 2.19. The van der Waals surface area contributed by atoms with Gasteiger partial charge in [0, 0.05) is 40.2 Å². The van der Waals surface area contributed by atoms with E-state index in [4.69, 9.17) is 0 Å². The molecule has 0 amide bonds. The largest absolute Gasteiger partial charge is 0.347 e. The molecular weight excluding hydrogens is 376 g/mol. The highest BCUT2D eigenvalue weighted by Crippen LogP contribution is 2.40. The Hall–Kier alpha value is -3.78. The standard InChI is InChI=1S/C29H26N2/c1-6-11-23-20(4)30(5)29-24(23)15-17-27-28(29)25-18-21(19(3)7-2)14-16-26(25)31(27)22-12-9-8-10-13-22/h6-18H,2-3H2,1,4-5H3/b11-6-. The number of aryl methyl sites for hydroxylation is 1. The van der Waals surface area contributed by atoms with Gasteiger partial charge in [0.05, 0.1) is 16.6 Å². The van der Waals surface area contributed by atoms with Crippen molar-refractivity contribution >= 4 is 44.4 Å². The Kier molecular flexibility index (Phi) is 4.44. The minimum atomic E-state index is 0.937. The highest BCUT2D eigenvalue weighted by molar-refractivity contribution is 6.22. The van der Waals surface area contributed by atoms with Gasteiger partial charge in [0.25, 0.3) is 0 Å². The molecule has 2 nitrogen and oxygen atoms in total. The number of aromatic nitrogens is 2. The van der Waals surface area contributed by atoms with Crippen LogP contribution in [0.3, 0.4) is 0 Å². The average molecular weight is 403 g/mol. The van der Waals surface area contributed by atoms with Crippen LogP contribution in [0.15, 0.2) is 86.0 Å². The molecule has 0 aliphatic rings. The van der Waals surface area contributed by atoms with Crippen LogP contribution < -0.4 is 0 Å². The molecule has 3 aromatic carbocycles. The fourth-order valence-corrected chi connectivity index (χ4v) is 4.75. The summed E-state index contributed by atoms with van der Waals surface area (Å²) in [6.45, 7) is 12.4. The van der Waals surface area contributed by atoms with Crippen LogP contribution in [0.5, 0.6) is 0 Å². The zero-order chi connectivity index (χ0) is 21.7. The molecule has 2 heterocycles. The van der Waals surface area contributed by atoms with E-state index in [-0.39, 0.29) is 0 Å². The van der Waals surface area contributed by atoms with Crippen molar-refractivity contribution in [2.24, 2.45) is 7.05 Å². The molecular formula is C29H26N2. The third-order valence-corrected chi connectivity index (χ3v) is 6.39. The Labute approximate surface area is 183 Å².